The summed E-state index contributed by atoms with van der Waals surface area (Å²) in [5, 5.41) is 0. The van der Waals surface area contributed by atoms with E-state index in [2.05, 4.69) is 11.8 Å². The molecule has 2 rings (SSSR count). The van der Waals surface area contributed by atoms with Gasteiger partial charge in [0.1, 0.15) is 5.82 Å². The minimum atomic E-state index is -0.101. The van der Waals surface area contributed by atoms with Crippen molar-refractivity contribution >= 4 is 5.69 Å². The molecule has 0 saturated carbocycles. The van der Waals surface area contributed by atoms with Crippen molar-refractivity contribution in [3.63, 3.8) is 0 Å². The molecular weight excluding hydrogens is 205 g/mol. The summed E-state index contributed by atoms with van der Waals surface area (Å²) >= 11 is 0. The van der Waals surface area contributed by atoms with Crippen LogP contribution in [0.3, 0.4) is 0 Å². The van der Waals surface area contributed by atoms with Gasteiger partial charge < -0.3 is 9.64 Å². The Hall–Kier alpha value is -1.09. The molecule has 1 aromatic carbocycles. The van der Waals surface area contributed by atoms with Crippen LogP contribution in [0.15, 0.2) is 12.1 Å². The molecule has 3 heteroatoms. The summed E-state index contributed by atoms with van der Waals surface area (Å²) in [4.78, 5) is 2.10. The van der Waals surface area contributed by atoms with Crippen LogP contribution in [0.25, 0.3) is 0 Å². The minimum absolute atomic E-state index is 0.101. The molecule has 0 spiro atoms. The SMILES string of the molecule is COCCN1CCCc2c(C)ccc(F)c21. The molecule has 88 valence electrons. The van der Waals surface area contributed by atoms with Gasteiger partial charge in [-0.25, -0.2) is 4.39 Å². The maximum atomic E-state index is 13.8. The number of hydrogen-bond donors (Lipinski definition) is 0. The zero-order valence-electron chi connectivity index (χ0n) is 9.92. The van der Waals surface area contributed by atoms with Crippen molar-refractivity contribution in [2.45, 2.75) is 19.8 Å². The summed E-state index contributed by atoms with van der Waals surface area (Å²) in [5.74, 6) is -0.101. The second-order valence-electron chi connectivity index (χ2n) is 4.27. The van der Waals surface area contributed by atoms with E-state index in [1.54, 1.807) is 13.2 Å². The van der Waals surface area contributed by atoms with Crippen LogP contribution < -0.4 is 4.90 Å². The van der Waals surface area contributed by atoms with Crippen LogP contribution in [0.4, 0.5) is 10.1 Å². The number of anilines is 1. The van der Waals surface area contributed by atoms with Gasteiger partial charge in [0.25, 0.3) is 0 Å². The van der Waals surface area contributed by atoms with Gasteiger partial charge >= 0.3 is 0 Å². The third-order valence-corrected chi connectivity index (χ3v) is 3.20. The second kappa shape index (κ2) is 4.83. The Kier molecular flexibility index (Phi) is 3.44. The number of nitrogens with zero attached hydrogens (tertiary/aromatic N) is 1. The first-order chi connectivity index (χ1) is 7.74. The van der Waals surface area contributed by atoms with Gasteiger partial charge in [-0.1, -0.05) is 6.07 Å². The smallest absolute Gasteiger partial charge is 0.146 e. The molecule has 0 atom stereocenters. The molecule has 0 aromatic heterocycles. The first kappa shape index (κ1) is 11.4. The number of halogens is 1. The summed E-state index contributed by atoms with van der Waals surface area (Å²) < 4.78 is 18.9. The zero-order valence-corrected chi connectivity index (χ0v) is 9.92. The highest BCUT2D eigenvalue weighted by Gasteiger charge is 2.21. The van der Waals surface area contributed by atoms with E-state index in [1.807, 2.05) is 6.07 Å². The predicted octanol–water partition coefficient (Wildman–Crippen LogP) is 2.53. The fourth-order valence-corrected chi connectivity index (χ4v) is 2.35. The number of benzene rings is 1. The first-order valence-electron chi connectivity index (χ1n) is 5.76. The fraction of sp³-hybridized carbons (Fsp3) is 0.538. The maximum Gasteiger partial charge on any atom is 0.146 e. The fourth-order valence-electron chi connectivity index (χ4n) is 2.35. The number of aryl methyl sites for hydroxylation is 1. The lowest BCUT2D eigenvalue weighted by atomic mass is 9.96. The second-order valence-corrected chi connectivity index (χ2v) is 4.27. The lowest BCUT2D eigenvalue weighted by Crippen LogP contribution is -2.33. The molecule has 0 amide bonds. The number of hydrogen-bond acceptors (Lipinski definition) is 2. The number of ether oxygens (including phenoxy) is 1. The first-order valence-corrected chi connectivity index (χ1v) is 5.76. The van der Waals surface area contributed by atoms with Crippen LogP contribution in [0, 0.1) is 12.7 Å². The van der Waals surface area contributed by atoms with Gasteiger partial charge in [-0.3, -0.25) is 0 Å². The quantitative estimate of drug-likeness (QED) is 0.780. The van der Waals surface area contributed by atoms with E-state index in [0.717, 1.165) is 31.6 Å². The van der Waals surface area contributed by atoms with E-state index in [4.69, 9.17) is 4.74 Å². The molecule has 0 saturated heterocycles. The van der Waals surface area contributed by atoms with Gasteiger partial charge in [0.2, 0.25) is 0 Å². The van der Waals surface area contributed by atoms with E-state index < -0.39 is 0 Å². The molecule has 0 bridgehead atoms. The number of rotatable bonds is 3. The van der Waals surface area contributed by atoms with Crippen LogP contribution in [-0.4, -0.2) is 26.8 Å². The third kappa shape index (κ3) is 2.05. The topological polar surface area (TPSA) is 12.5 Å². The van der Waals surface area contributed by atoms with Gasteiger partial charge in [-0.2, -0.15) is 0 Å². The molecule has 1 aliphatic heterocycles. The van der Waals surface area contributed by atoms with E-state index in [0.29, 0.717) is 6.61 Å². The van der Waals surface area contributed by atoms with Gasteiger partial charge in [-0.05, 0) is 37.0 Å². The van der Waals surface area contributed by atoms with Crippen molar-refractivity contribution in [3.8, 4) is 0 Å². The van der Waals surface area contributed by atoms with E-state index in [9.17, 15) is 4.39 Å². The average molecular weight is 223 g/mol. The Morgan fingerprint density at radius 1 is 1.44 bits per heavy atom. The highest BCUT2D eigenvalue weighted by molar-refractivity contribution is 5.59. The standard InChI is InChI=1S/C13H18FNO/c1-10-5-6-12(14)13-11(10)4-3-7-15(13)8-9-16-2/h5-6H,3-4,7-9H2,1-2H3. The molecule has 0 N–H and O–H groups in total. The number of fused-ring (bicyclic) bond motifs is 1. The molecule has 0 aliphatic carbocycles. The molecular formula is C13H18FNO. The summed E-state index contributed by atoms with van der Waals surface area (Å²) in [6.07, 6.45) is 2.09. The van der Waals surface area contributed by atoms with Gasteiger partial charge in [0.15, 0.2) is 0 Å². The van der Waals surface area contributed by atoms with Crippen molar-refractivity contribution in [2.75, 3.05) is 31.7 Å². The van der Waals surface area contributed by atoms with Crippen LogP contribution in [0.1, 0.15) is 17.5 Å². The van der Waals surface area contributed by atoms with Gasteiger partial charge in [0, 0.05) is 20.2 Å². The molecule has 0 unspecified atom stereocenters. The van der Waals surface area contributed by atoms with Crippen LogP contribution in [0.2, 0.25) is 0 Å². The van der Waals surface area contributed by atoms with Crippen LogP contribution >= 0.6 is 0 Å². The van der Waals surface area contributed by atoms with E-state index in [-0.39, 0.29) is 5.82 Å². The summed E-state index contributed by atoms with van der Waals surface area (Å²) in [7, 11) is 1.68. The number of methoxy groups -OCH3 is 1. The maximum absolute atomic E-state index is 13.8. The predicted molar refractivity (Wildman–Crippen MR) is 63.5 cm³/mol. The molecule has 1 aromatic rings. The highest BCUT2D eigenvalue weighted by atomic mass is 19.1. The lowest BCUT2D eigenvalue weighted by Gasteiger charge is -2.32. The van der Waals surface area contributed by atoms with Crippen molar-refractivity contribution in [1.29, 1.82) is 0 Å². The Bertz CT molecular complexity index is 378. The van der Waals surface area contributed by atoms with Crippen molar-refractivity contribution in [2.24, 2.45) is 0 Å². The highest BCUT2D eigenvalue weighted by Crippen LogP contribution is 2.32. The molecule has 0 fully saturated rings. The lowest BCUT2D eigenvalue weighted by molar-refractivity contribution is 0.204. The van der Waals surface area contributed by atoms with E-state index >= 15 is 0 Å². The van der Waals surface area contributed by atoms with Gasteiger partial charge in [0.05, 0.1) is 12.3 Å². The molecule has 16 heavy (non-hydrogen) atoms. The minimum Gasteiger partial charge on any atom is -0.383 e. The Morgan fingerprint density at radius 2 is 2.25 bits per heavy atom. The monoisotopic (exact) mass is 223 g/mol. The Balaban J connectivity index is 2.33. The zero-order chi connectivity index (χ0) is 11.5. The van der Waals surface area contributed by atoms with Crippen molar-refractivity contribution in [1.82, 2.24) is 0 Å². The van der Waals surface area contributed by atoms with E-state index in [1.165, 1.54) is 11.1 Å². The Labute approximate surface area is 96.0 Å². The molecule has 0 radical (unpaired) electrons. The summed E-state index contributed by atoms with van der Waals surface area (Å²) in [5.41, 5.74) is 3.16. The summed E-state index contributed by atoms with van der Waals surface area (Å²) in [6.45, 7) is 4.39. The Morgan fingerprint density at radius 3 is 3.00 bits per heavy atom. The van der Waals surface area contributed by atoms with Crippen molar-refractivity contribution in [3.05, 3.63) is 29.1 Å². The largest absolute Gasteiger partial charge is 0.383 e. The molecule has 1 heterocycles. The van der Waals surface area contributed by atoms with Crippen molar-refractivity contribution < 1.29 is 9.13 Å². The third-order valence-electron chi connectivity index (χ3n) is 3.20. The van der Waals surface area contributed by atoms with Crippen LogP contribution in [-0.2, 0) is 11.2 Å². The average Bonchev–Trinajstić information content (AvgIpc) is 2.31. The normalized spacial score (nSPS) is 15.1. The van der Waals surface area contributed by atoms with Gasteiger partial charge in [-0.15, -0.1) is 0 Å². The molecule has 2 nitrogen and oxygen atoms in total. The summed E-state index contributed by atoms with van der Waals surface area (Å²) in [6, 6.07) is 3.44. The van der Waals surface area contributed by atoms with Crippen LogP contribution in [0.5, 0.6) is 0 Å². The molecule has 1 aliphatic rings.